The molecule has 0 bridgehead atoms. The van der Waals surface area contributed by atoms with Gasteiger partial charge in [0.2, 0.25) is 5.91 Å². The van der Waals surface area contributed by atoms with Gasteiger partial charge in [0.1, 0.15) is 5.69 Å². The van der Waals surface area contributed by atoms with E-state index in [1.54, 1.807) is 23.9 Å². The third-order valence-electron chi connectivity index (χ3n) is 4.68. The number of carbonyl (C=O) groups excluding carboxylic acids is 2. The van der Waals surface area contributed by atoms with Gasteiger partial charge in [-0.05, 0) is 56.7 Å². The van der Waals surface area contributed by atoms with Crippen molar-refractivity contribution in [3.63, 3.8) is 0 Å². The molecule has 0 fully saturated rings. The van der Waals surface area contributed by atoms with E-state index in [2.05, 4.69) is 10.6 Å². The number of nitrogens with one attached hydrogen (secondary N) is 2. The lowest BCUT2D eigenvalue weighted by Crippen LogP contribution is -2.17. The standard InChI is InChI=1S/C21H27N5O2/c1-24(2)10-5-6-20(27)22-17-13-19(26(4)14-17)21(28)23-16-8-7-15-9-11-25(3)18(15)12-16/h7-9,11-14H,5-6,10H2,1-4H3,(H,22,27)(H,23,28). The second-order valence-electron chi connectivity index (χ2n) is 7.33. The van der Waals surface area contributed by atoms with E-state index < -0.39 is 0 Å². The molecule has 0 saturated carbocycles. The molecular weight excluding hydrogens is 354 g/mol. The van der Waals surface area contributed by atoms with Gasteiger partial charge in [0.15, 0.2) is 0 Å². The van der Waals surface area contributed by atoms with E-state index in [0.717, 1.165) is 29.6 Å². The van der Waals surface area contributed by atoms with Crippen molar-refractivity contribution >= 4 is 34.1 Å². The Morgan fingerprint density at radius 3 is 2.54 bits per heavy atom. The normalized spacial score (nSPS) is 11.2. The van der Waals surface area contributed by atoms with Crippen molar-refractivity contribution in [2.45, 2.75) is 12.8 Å². The lowest BCUT2D eigenvalue weighted by molar-refractivity contribution is -0.116. The van der Waals surface area contributed by atoms with Crippen molar-refractivity contribution < 1.29 is 9.59 Å². The fourth-order valence-corrected chi connectivity index (χ4v) is 3.17. The van der Waals surface area contributed by atoms with Crippen LogP contribution in [0.15, 0.2) is 42.7 Å². The first kappa shape index (κ1) is 19.7. The molecular formula is C21H27N5O2. The maximum atomic E-state index is 12.7. The van der Waals surface area contributed by atoms with Crippen LogP contribution in [-0.2, 0) is 18.9 Å². The Labute approximate surface area is 164 Å². The fraction of sp³-hybridized carbons (Fsp3) is 0.333. The summed E-state index contributed by atoms with van der Waals surface area (Å²) in [6.45, 7) is 0.862. The van der Waals surface area contributed by atoms with Gasteiger partial charge in [-0.3, -0.25) is 9.59 Å². The fourth-order valence-electron chi connectivity index (χ4n) is 3.17. The molecule has 0 atom stereocenters. The molecule has 7 nitrogen and oxygen atoms in total. The lowest BCUT2D eigenvalue weighted by atomic mass is 10.2. The highest BCUT2D eigenvalue weighted by Crippen LogP contribution is 2.21. The zero-order valence-corrected chi connectivity index (χ0v) is 16.8. The van der Waals surface area contributed by atoms with Gasteiger partial charge >= 0.3 is 0 Å². The van der Waals surface area contributed by atoms with Gasteiger partial charge < -0.3 is 24.7 Å². The molecule has 0 radical (unpaired) electrons. The number of nitrogens with zero attached hydrogens (tertiary/aromatic N) is 3. The zero-order chi connectivity index (χ0) is 20.3. The second-order valence-corrected chi connectivity index (χ2v) is 7.33. The maximum absolute atomic E-state index is 12.7. The summed E-state index contributed by atoms with van der Waals surface area (Å²) in [4.78, 5) is 26.8. The number of hydrogen-bond donors (Lipinski definition) is 2. The van der Waals surface area contributed by atoms with Gasteiger partial charge in [-0.25, -0.2) is 0 Å². The number of fused-ring (bicyclic) bond motifs is 1. The Hall–Kier alpha value is -3.06. The highest BCUT2D eigenvalue weighted by Gasteiger charge is 2.14. The first-order valence-electron chi connectivity index (χ1n) is 9.31. The Morgan fingerprint density at radius 2 is 1.79 bits per heavy atom. The van der Waals surface area contributed by atoms with E-state index >= 15 is 0 Å². The molecule has 0 aliphatic rings. The molecule has 2 aromatic heterocycles. The summed E-state index contributed by atoms with van der Waals surface area (Å²) in [7, 11) is 7.72. The molecule has 0 aliphatic heterocycles. The predicted octanol–water partition coefficient (Wildman–Crippen LogP) is 3.05. The number of amides is 2. The van der Waals surface area contributed by atoms with Crippen LogP contribution in [0.25, 0.3) is 10.9 Å². The largest absolute Gasteiger partial charge is 0.350 e. The molecule has 0 aliphatic carbocycles. The van der Waals surface area contributed by atoms with Crippen molar-refractivity contribution in [1.29, 1.82) is 0 Å². The molecule has 0 spiro atoms. The van der Waals surface area contributed by atoms with Gasteiger partial charge in [0.05, 0.1) is 5.69 Å². The van der Waals surface area contributed by atoms with Crippen LogP contribution in [0.5, 0.6) is 0 Å². The van der Waals surface area contributed by atoms with Gasteiger partial charge in [0.25, 0.3) is 5.91 Å². The van der Waals surface area contributed by atoms with Crippen molar-refractivity contribution in [2.24, 2.45) is 14.1 Å². The summed E-state index contributed by atoms with van der Waals surface area (Å²) in [6, 6.07) is 9.54. The predicted molar refractivity (Wildman–Crippen MR) is 113 cm³/mol. The zero-order valence-electron chi connectivity index (χ0n) is 16.8. The Balaban J connectivity index is 1.65. The third-order valence-corrected chi connectivity index (χ3v) is 4.68. The van der Waals surface area contributed by atoms with Crippen LogP contribution in [0, 0.1) is 0 Å². The Kier molecular flexibility index (Phi) is 5.84. The van der Waals surface area contributed by atoms with Crippen LogP contribution in [0.2, 0.25) is 0 Å². The van der Waals surface area contributed by atoms with Crippen LogP contribution >= 0.6 is 0 Å². The molecule has 28 heavy (non-hydrogen) atoms. The maximum Gasteiger partial charge on any atom is 0.272 e. The Morgan fingerprint density at radius 1 is 1.00 bits per heavy atom. The molecule has 3 aromatic rings. The average Bonchev–Trinajstić information content (AvgIpc) is 3.17. The Bertz CT molecular complexity index is 1000. The second kappa shape index (κ2) is 8.31. The minimum Gasteiger partial charge on any atom is -0.350 e. The minimum absolute atomic E-state index is 0.0476. The summed E-state index contributed by atoms with van der Waals surface area (Å²) in [5.74, 6) is -0.266. The molecule has 148 valence electrons. The van der Waals surface area contributed by atoms with Crippen LogP contribution in [0.3, 0.4) is 0 Å². The topological polar surface area (TPSA) is 71.3 Å². The molecule has 2 heterocycles. The van der Waals surface area contributed by atoms with Gasteiger partial charge in [-0.2, -0.15) is 0 Å². The van der Waals surface area contributed by atoms with Crippen LogP contribution in [0.1, 0.15) is 23.3 Å². The molecule has 0 unspecified atom stereocenters. The van der Waals surface area contributed by atoms with E-state index in [-0.39, 0.29) is 11.8 Å². The molecule has 0 saturated heterocycles. The number of hydrogen-bond acceptors (Lipinski definition) is 3. The van der Waals surface area contributed by atoms with E-state index in [9.17, 15) is 9.59 Å². The van der Waals surface area contributed by atoms with Crippen molar-refractivity contribution in [3.05, 3.63) is 48.4 Å². The summed E-state index contributed by atoms with van der Waals surface area (Å²) in [5.41, 5.74) is 2.89. The average molecular weight is 381 g/mol. The first-order chi connectivity index (χ1) is 13.3. The summed E-state index contributed by atoms with van der Waals surface area (Å²) in [5, 5.41) is 6.92. The number of aryl methyl sites for hydroxylation is 2. The summed E-state index contributed by atoms with van der Waals surface area (Å²) in [6.07, 6.45) is 4.98. The lowest BCUT2D eigenvalue weighted by Gasteiger charge is -2.08. The van der Waals surface area contributed by atoms with Crippen molar-refractivity contribution in [2.75, 3.05) is 31.3 Å². The molecule has 2 amide bonds. The molecule has 3 rings (SSSR count). The van der Waals surface area contributed by atoms with E-state index in [1.807, 2.05) is 61.1 Å². The number of carbonyl (C=O) groups is 2. The minimum atomic E-state index is -0.218. The van der Waals surface area contributed by atoms with Crippen LogP contribution < -0.4 is 10.6 Å². The monoisotopic (exact) mass is 381 g/mol. The van der Waals surface area contributed by atoms with E-state index in [4.69, 9.17) is 0 Å². The van der Waals surface area contributed by atoms with Gasteiger partial charge in [-0.1, -0.05) is 6.07 Å². The highest BCUT2D eigenvalue weighted by molar-refractivity contribution is 6.05. The SMILES string of the molecule is CN(C)CCCC(=O)Nc1cc(C(=O)Nc2ccc3ccn(C)c3c2)n(C)c1. The van der Waals surface area contributed by atoms with Crippen LogP contribution in [-0.4, -0.2) is 46.5 Å². The van der Waals surface area contributed by atoms with E-state index in [0.29, 0.717) is 17.8 Å². The smallest absolute Gasteiger partial charge is 0.272 e. The van der Waals surface area contributed by atoms with Crippen molar-refractivity contribution in [3.8, 4) is 0 Å². The molecule has 7 heteroatoms. The summed E-state index contributed by atoms with van der Waals surface area (Å²) < 4.78 is 3.73. The number of benzene rings is 1. The van der Waals surface area contributed by atoms with Crippen LogP contribution in [0.4, 0.5) is 11.4 Å². The number of aromatic nitrogens is 2. The van der Waals surface area contributed by atoms with E-state index in [1.165, 1.54) is 0 Å². The number of anilines is 2. The quantitative estimate of drug-likeness (QED) is 0.661. The molecule has 2 N–H and O–H groups in total. The number of rotatable bonds is 7. The molecule has 1 aromatic carbocycles. The van der Waals surface area contributed by atoms with Gasteiger partial charge in [0, 0.05) is 44.1 Å². The van der Waals surface area contributed by atoms with Gasteiger partial charge in [-0.15, -0.1) is 0 Å². The summed E-state index contributed by atoms with van der Waals surface area (Å²) >= 11 is 0. The first-order valence-corrected chi connectivity index (χ1v) is 9.31. The van der Waals surface area contributed by atoms with Crippen molar-refractivity contribution in [1.82, 2.24) is 14.0 Å². The highest BCUT2D eigenvalue weighted by atomic mass is 16.2. The third kappa shape index (κ3) is 4.61.